The molecule has 0 saturated carbocycles. The smallest absolute Gasteiger partial charge is 0.0541 e. The number of benzene rings is 13. The van der Waals surface area contributed by atoms with Crippen molar-refractivity contribution < 1.29 is 0 Å². The third kappa shape index (κ3) is 7.72. The Hall–Kier alpha value is -10.5. The predicted molar refractivity (Wildman–Crippen MR) is 365 cm³/mol. The van der Waals surface area contributed by atoms with Crippen molar-refractivity contribution in [1.29, 1.82) is 0 Å². The van der Waals surface area contributed by atoms with Crippen LogP contribution >= 0.6 is 0 Å². The van der Waals surface area contributed by atoms with Gasteiger partial charge in [0.2, 0.25) is 0 Å². The first-order valence-electron chi connectivity index (χ1n) is 30.2. The lowest BCUT2D eigenvalue weighted by Gasteiger charge is -2.24. The normalized spacial score (nSPS) is 13.7. The molecule has 0 atom stereocenters. The zero-order chi connectivity index (χ0) is 57.4. The lowest BCUT2D eigenvalue weighted by Crippen LogP contribution is -2.15. The van der Waals surface area contributed by atoms with Crippen LogP contribution in [-0.2, 0) is 10.8 Å². The fraction of sp³-hybridized carbons (Fsp3) is 0.0714. The molecule has 0 radical (unpaired) electrons. The van der Waals surface area contributed by atoms with Crippen LogP contribution in [0.25, 0.3) is 145 Å². The molecule has 0 aliphatic heterocycles. The molecule has 2 aromatic heterocycles. The Kier molecular flexibility index (Phi) is 11.0. The van der Waals surface area contributed by atoms with Crippen molar-refractivity contribution in [2.45, 2.75) is 38.5 Å². The summed E-state index contributed by atoms with van der Waals surface area (Å²) in [5, 5.41) is 7.56. The number of nitrogens with zero attached hydrogens (tertiary/aromatic N) is 2. The summed E-state index contributed by atoms with van der Waals surface area (Å²) in [5.74, 6) is 0. The Balaban J connectivity index is 0.606. The largest absolute Gasteiger partial charge is 0.309 e. The number of fused-ring (bicyclic) bond motifs is 13. The van der Waals surface area contributed by atoms with Crippen LogP contribution in [0.5, 0.6) is 0 Å². The van der Waals surface area contributed by atoms with Gasteiger partial charge in [0.25, 0.3) is 0 Å². The summed E-state index contributed by atoms with van der Waals surface area (Å²) in [6, 6.07) is 104. The van der Waals surface area contributed by atoms with E-state index in [-0.39, 0.29) is 10.8 Å². The van der Waals surface area contributed by atoms with Crippen molar-refractivity contribution in [3.63, 3.8) is 0 Å². The van der Waals surface area contributed by atoms with Crippen molar-refractivity contribution in [2.75, 3.05) is 0 Å². The second-order valence-corrected chi connectivity index (χ2v) is 24.9. The number of rotatable bonds is 8. The van der Waals surface area contributed by atoms with E-state index in [1.54, 1.807) is 0 Å². The van der Waals surface area contributed by atoms with Crippen molar-refractivity contribution in [1.82, 2.24) is 9.13 Å². The van der Waals surface area contributed by atoms with E-state index in [4.69, 9.17) is 0 Å². The SMILES string of the molecule is CC1(C)c2cc(-c3ccc(/C=C/c4ccc(-c5ccc6c(c5)c5ccccc5n6-c5ccccc5)cc4)cc3)ccc2-c2ccc(-c3ccc4c(c3)C(C)(C)c3cc(-c5ccc6c(c5)c5ccccc5n6-c5cccc6ccccc56)ccc3-4)cc21. The highest BCUT2D eigenvalue weighted by atomic mass is 15.0. The van der Waals surface area contributed by atoms with Gasteiger partial charge in [0, 0.05) is 43.4 Å². The van der Waals surface area contributed by atoms with E-state index in [0.717, 1.165) is 0 Å². The van der Waals surface area contributed by atoms with Gasteiger partial charge in [-0.1, -0.05) is 240 Å². The average Bonchev–Trinajstić information content (AvgIpc) is 2.19. The van der Waals surface area contributed by atoms with Crippen LogP contribution in [0.15, 0.2) is 279 Å². The summed E-state index contributed by atoms with van der Waals surface area (Å²) in [5.41, 5.74) is 30.0. The van der Waals surface area contributed by atoms with Crippen LogP contribution < -0.4 is 0 Å². The zero-order valence-corrected chi connectivity index (χ0v) is 48.6. The molecule has 0 saturated heterocycles. The maximum Gasteiger partial charge on any atom is 0.0541 e. The van der Waals surface area contributed by atoms with E-state index in [9.17, 15) is 0 Å². The minimum absolute atomic E-state index is 0.166. The third-order valence-corrected chi connectivity index (χ3v) is 19.3. The summed E-state index contributed by atoms with van der Waals surface area (Å²) in [4.78, 5) is 0. The Morgan fingerprint density at radius 2 is 0.605 bits per heavy atom. The number of hydrogen-bond donors (Lipinski definition) is 0. The van der Waals surface area contributed by atoms with Crippen LogP contribution in [-0.4, -0.2) is 9.13 Å². The monoisotopic (exact) mass is 1100 g/mol. The summed E-state index contributed by atoms with van der Waals surface area (Å²) in [6.45, 7) is 9.61. The topological polar surface area (TPSA) is 9.86 Å². The maximum absolute atomic E-state index is 2.47. The van der Waals surface area contributed by atoms with Crippen LogP contribution in [0.2, 0.25) is 0 Å². The van der Waals surface area contributed by atoms with E-state index < -0.39 is 0 Å². The van der Waals surface area contributed by atoms with Crippen LogP contribution in [0, 0.1) is 0 Å². The van der Waals surface area contributed by atoms with Gasteiger partial charge in [-0.05, 0) is 184 Å². The van der Waals surface area contributed by atoms with Gasteiger partial charge in [0.05, 0.1) is 27.8 Å². The average molecular weight is 1100 g/mol. The van der Waals surface area contributed by atoms with Gasteiger partial charge in [-0.2, -0.15) is 0 Å². The molecule has 2 nitrogen and oxygen atoms in total. The minimum Gasteiger partial charge on any atom is -0.309 e. The van der Waals surface area contributed by atoms with Gasteiger partial charge in [0.1, 0.15) is 0 Å². The number of hydrogen-bond acceptors (Lipinski definition) is 0. The standard InChI is InChI=1S/C84H60N2/c1-83(2)74-49-60(56-33-29-54(30-34-56)26-25-53-27-31-55(32-28-53)58-39-45-81-72(47-58)70-20-10-12-22-79(70)85(81)64-17-6-5-7-18-64)35-41-66(74)68-43-37-62(51-76(68)83)63-38-44-69-67-42-36-61(50-75(67)84(3,4)77(69)52-63)59-40-46-82-73(48-59)71-21-11-13-23-80(71)86(82)78-24-14-16-57-15-8-9-19-65(57)78/h5-52H,1-4H3/b26-25+. The van der Waals surface area contributed by atoms with E-state index in [0.29, 0.717) is 0 Å². The molecule has 13 aromatic carbocycles. The molecule has 406 valence electrons. The predicted octanol–water partition coefficient (Wildman–Crippen LogP) is 22.5. The van der Waals surface area contributed by atoms with Crippen molar-refractivity contribution in [3.05, 3.63) is 312 Å². The molecule has 2 heteroatoms. The van der Waals surface area contributed by atoms with E-state index >= 15 is 0 Å². The fourth-order valence-electron chi connectivity index (χ4n) is 14.8. The maximum atomic E-state index is 2.47. The van der Waals surface area contributed by atoms with Gasteiger partial charge in [-0.25, -0.2) is 0 Å². The van der Waals surface area contributed by atoms with Crippen LogP contribution in [0.4, 0.5) is 0 Å². The molecule has 17 rings (SSSR count). The molecule has 0 unspecified atom stereocenters. The van der Waals surface area contributed by atoms with Crippen molar-refractivity contribution in [2.24, 2.45) is 0 Å². The van der Waals surface area contributed by atoms with Crippen molar-refractivity contribution >= 4 is 66.5 Å². The third-order valence-electron chi connectivity index (χ3n) is 19.3. The summed E-state index contributed by atoms with van der Waals surface area (Å²) < 4.78 is 4.82. The highest BCUT2D eigenvalue weighted by Gasteiger charge is 2.38. The first-order valence-corrected chi connectivity index (χ1v) is 30.2. The lowest BCUT2D eigenvalue weighted by atomic mass is 9.79. The molecule has 0 fully saturated rings. The first-order chi connectivity index (χ1) is 42.1. The molecular formula is C84H60N2. The van der Waals surface area contributed by atoms with Gasteiger partial charge in [0.15, 0.2) is 0 Å². The zero-order valence-electron chi connectivity index (χ0n) is 48.6. The van der Waals surface area contributed by atoms with Crippen LogP contribution in [0.3, 0.4) is 0 Å². The highest BCUT2D eigenvalue weighted by Crippen LogP contribution is 2.54. The second-order valence-electron chi connectivity index (χ2n) is 24.9. The van der Waals surface area contributed by atoms with E-state index in [1.165, 1.54) is 166 Å². The summed E-state index contributed by atoms with van der Waals surface area (Å²) >= 11 is 0. The molecule has 2 heterocycles. The van der Waals surface area contributed by atoms with Crippen molar-refractivity contribution in [3.8, 4) is 78.1 Å². The fourth-order valence-corrected chi connectivity index (χ4v) is 14.8. The Labute approximate surface area is 501 Å². The van der Waals surface area contributed by atoms with E-state index in [1.807, 2.05) is 0 Å². The first kappa shape index (κ1) is 50.0. The Morgan fingerprint density at radius 1 is 0.256 bits per heavy atom. The highest BCUT2D eigenvalue weighted by molar-refractivity contribution is 6.13. The summed E-state index contributed by atoms with van der Waals surface area (Å²) in [6.07, 6.45) is 4.43. The summed E-state index contributed by atoms with van der Waals surface area (Å²) in [7, 11) is 0. The molecule has 0 bridgehead atoms. The Bertz CT molecular complexity index is 5310. The number of aromatic nitrogens is 2. The molecule has 0 N–H and O–H groups in total. The van der Waals surface area contributed by atoms with Gasteiger partial charge < -0.3 is 9.13 Å². The van der Waals surface area contributed by atoms with Gasteiger partial charge in [-0.15, -0.1) is 0 Å². The molecule has 0 amide bonds. The lowest BCUT2D eigenvalue weighted by molar-refractivity contribution is 0.660. The van der Waals surface area contributed by atoms with E-state index in [2.05, 4.69) is 328 Å². The molecule has 0 spiro atoms. The minimum atomic E-state index is -0.180. The molecular weight excluding hydrogens is 1040 g/mol. The molecule has 2 aliphatic carbocycles. The quantitative estimate of drug-likeness (QED) is 0.134. The molecule has 15 aromatic rings. The van der Waals surface area contributed by atoms with Crippen LogP contribution in [0.1, 0.15) is 61.1 Å². The molecule has 2 aliphatic rings. The molecule has 86 heavy (non-hydrogen) atoms. The second kappa shape index (κ2) is 19.0. The van der Waals surface area contributed by atoms with Gasteiger partial charge >= 0.3 is 0 Å². The van der Waals surface area contributed by atoms with Gasteiger partial charge in [-0.3, -0.25) is 0 Å². The number of para-hydroxylation sites is 3. The Morgan fingerprint density at radius 3 is 1.10 bits per heavy atom.